The van der Waals surface area contributed by atoms with Gasteiger partial charge in [0.1, 0.15) is 5.75 Å². The molecule has 1 N–H and O–H groups in total. The fourth-order valence-electron chi connectivity index (χ4n) is 2.39. The second-order valence-electron chi connectivity index (χ2n) is 4.36. The Morgan fingerprint density at radius 2 is 1.78 bits per heavy atom. The van der Waals surface area contributed by atoms with Crippen LogP contribution >= 0.6 is 0 Å². The van der Waals surface area contributed by atoms with Crippen molar-refractivity contribution >= 4 is 21.7 Å². The molecule has 1 aromatic heterocycles. The van der Waals surface area contributed by atoms with Gasteiger partial charge in [-0.1, -0.05) is 24.3 Å². The lowest BCUT2D eigenvalue weighted by Crippen LogP contribution is -2.05. The van der Waals surface area contributed by atoms with Gasteiger partial charge in [-0.2, -0.15) is 0 Å². The molecule has 0 fully saturated rings. The lowest BCUT2D eigenvalue weighted by Gasteiger charge is -2.10. The Hall–Kier alpha value is -2.29. The molecule has 90 valence electrons. The van der Waals surface area contributed by atoms with Crippen LogP contribution in [-0.4, -0.2) is 12.1 Å². The first-order chi connectivity index (χ1) is 8.70. The maximum absolute atomic E-state index is 11.6. The minimum Gasteiger partial charge on any atom is -0.496 e. The number of hydrogen-bond donors (Lipinski definition) is 1. The lowest BCUT2D eigenvalue weighted by molar-refractivity contribution is 0.420. The van der Waals surface area contributed by atoms with Crippen LogP contribution in [0.3, 0.4) is 0 Å². The molecule has 0 saturated carbocycles. The Morgan fingerprint density at radius 1 is 1.06 bits per heavy atom. The van der Waals surface area contributed by atoms with Crippen LogP contribution in [-0.2, 0) is 0 Å². The van der Waals surface area contributed by atoms with Crippen LogP contribution in [0.2, 0.25) is 0 Å². The summed E-state index contributed by atoms with van der Waals surface area (Å²) in [5.41, 5.74) is 1.75. The zero-order valence-corrected chi connectivity index (χ0v) is 10.3. The van der Waals surface area contributed by atoms with Gasteiger partial charge in [-0.25, -0.2) is 0 Å². The number of pyridine rings is 1. The molecule has 0 radical (unpaired) electrons. The summed E-state index contributed by atoms with van der Waals surface area (Å²) in [6.07, 6.45) is 0. The van der Waals surface area contributed by atoms with Gasteiger partial charge in [-0.15, -0.1) is 0 Å². The number of methoxy groups -OCH3 is 1. The molecule has 1 heterocycles. The van der Waals surface area contributed by atoms with Crippen LogP contribution in [0.5, 0.6) is 5.75 Å². The average Bonchev–Trinajstić information content (AvgIpc) is 2.38. The summed E-state index contributed by atoms with van der Waals surface area (Å²) in [5, 5.41) is 3.03. The quantitative estimate of drug-likeness (QED) is 0.663. The Kier molecular flexibility index (Phi) is 2.33. The van der Waals surface area contributed by atoms with E-state index >= 15 is 0 Å². The van der Waals surface area contributed by atoms with E-state index < -0.39 is 0 Å². The lowest BCUT2D eigenvalue weighted by atomic mass is 10.0. The Bertz CT molecular complexity index is 803. The molecule has 3 heteroatoms. The fraction of sp³-hybridized carbons (Fsp3) is 0.133. The summed E-state index contributed by atoms with van der Waals surface area (Å²) < 4.78 is 5.43. The highest BCUT2D eigenvalue weighted by atomic mass is 16.5. The van der Waals surface area contributed by atoms with E-state index in [1.807, 2.05) is 37.3 Å². The largest absolute Gasteiger partial charge is 0.496 e. The summed E-state index contributed by atoms with van der Waals surface area (Å²) in [6, 6.07) is 11.5. The number of fused-ring (bicyclic) bond motifs is 3. The van der Waals surface area contributed by atoms with E-state index in [4.69, 9.17) is 4.74 Å². The van der Waals surface area contributed by atoms with Crippen LogP contribution in [0.4, 0.5) is 0 Å². The van der Waals surface area contributed by atoms with Crippen molar-refractivity contribution in [2.24, 2.45) is 0 Å². The Labute approximate surface area is 104 Å². The van der Waals surface area contributed by atoms with E-state index in [9.17, 15) is 4.79 Å². The molecule has 0 aliphatic heterocycles. The van der Waals surface area contributed by atoms with E-state index in [1.54, 1.807) is 13.2 Å². The molecule has 0 aliphatic carbocycles. The number of H-pyrrole nitrogens is 1. The topological polar surface area (TPSA) is 42.1 Å². The maximum atomic E-state index is 11.6. The molecule has 0 spiro atoms. The minimum atomic E-state index is -0.0738. The number of aryl methyl sites for hydroxylation is 1. The molecule has 0 bridgehead atoms. The number of aromatic amines is 1. The summed E-state index contributed by atoms with van der Waals surface area (Å²) in [5.74, 6) is 0.827. The molecule has 18 heavy (non-hydrogen) atoms. The Balaban J connectivity index is 2.63. The first-order valence-corrected chi connectivity index (χ1v) is 5.80. The zero-order chi connectivity index (χ0) is 12.7. The number of nitrogens with one attached hydrogen (secondary N) is 1. The van der Waals surface area contributed by atoms with Gasteiger partial charge in [0, 0.05) is 22.2 Å². The van der Waals surface area contributed by atoms with Crippen molar-refractivity contribution in [3.63, 3.8) is 0 Å². The maximum Gasteiger partial charge on any atom is 0.248 e. The number of benzene rings is 2. The predicted molar refractivity (Wildman–Crippen MR) is 73.4 cm³/mol. The summed E-state index contributed by atoms with van der Waals surface area (Å²) in [4.78, 5) is 14.5. The zero-order valence-electron chi connectivity index (χ0n) is 10.3. The third kappa shape index (κ3) is 1.48. The van der Waals surface area contributed by atoms with Crippen LogP contribution in [0.15, 0.2) is 41.2 Å². The third-order valence-electron chi connectivity index (χ3n) is 3.25. The van der Waals surface area contributed by atoms with Gasteiger partial charge in [0.2, 0.25) is 5.56 Å². The summed E-state index contributed by atoms with van der Waals surface area (Å²) in [6.45, 7) is 1.94. The number of rotatable bonds is 1. The van der Waals surface area contributed by atoms with E-state index in [-0.39, 0.29) is 5.56 Å². The molecule has 0 unspecified atom stereocenters. The molecule has 3 rings (SSSR count). The molecule has 2 aromatic carbocycles. The van der Waals surface area contributed by atoms with Gasteiger partial charge in [0.25, 0.3) is 0 Å². The highest BCUT2D eigenvalue weighted by Crippen LogP contribution is 2.32. The first-order valence-electron chi connectivity index (χ1n) is 5.80. The van der Waals surface area contributed by atoms with Crippen molar-refractivity contribution in [3.05, 3.63) is 52.3 Å². The Morgan fingerprint density at radius 3 is 2.50 bits per heavy atom. The van der Waals surface area contributed by atoms with Crippen molar-refractivity contribution in [1.82, 2.24) is 4.98 Å². The molecule has 0 atom stereocenters. The predicted octanol–water partition coefficient (Wildman–Crippen LogP) is 3.00. The minimum absolute atomic E-state index is 0.0738. The molecule has 3 aromatic rings. The van der Waals surface area contributed by atoms with Gasteiger partial charge in [-0.3, -0.25) is 4.79 Å². The van der Waals surface area contributed by atoms with Gasteiger partial charge in [0.05, 0.1) is 12.6 Å². The van der Waals surface area contributed by atoms with Gasteiger partial charge < -0.3 is 9.72 Å². The summed E-state index contributed by atoms with van der Waals surface area (Å²) in [7, 11) is 1.66. The van der Waals surface area contributed by atoms with Gasteiger partial charge in [-0.05, 0) is 18.6 Å². The number of aromatic nitrogens is 1. The molecule has 0 saturated heterocycles. The van der Waals surface area contributed by atoms with Crippen molar-refractivity contribution in [2.75, 3.05) is 7.11 Å². The monoisotopic (exact) mass is 239 g/mol. The van der Waals surface area contributed by atoms with Crippen LogP contribution < -0.4 is 10.3 Å². The second kappa shape index (κ2) is 3.88. The first kappa shape index (κ1) is 10.8. The van der Waals surface area contributed by atoms with Crippen LogP contribution in [0, 0.1) is 6.92 Å². The second-order valence-corrected chi connectivity index (χ2v) is 4.36. The fourth-order valence-corrected chi connectivity index (χ4v) is 2.39. The highest BCUT2D eigenvalue weighted by Gasteiger charge is 2.09. The van der Waals surface area contributed by atoms with Crippen molar-refractivity contribution in [1.29, 1.82) is 0 Å². The van der Waals surface area contributed by atoms with Crippen LogP contribution in [0.25, 0.3) is 21.7 Å². The van der Waals surface area contributed by atoms with E-state index in [1.165, 1.54) is 0 Å². The normalized spacial score (nSPS) is 11.0. The van der Waals surface area contributed by atoms with E-state index in [0.717, 1.165) is 33.0 Å². The van der Waals surface area contributed by atoms with Gasteiger partial charge >= 0.3 is 0 Å². The van der Waals surface area contributed by atoms with Gasteiger partial charge in [0.15, 0.2) is 0 Å². The highest BCUT2D eigenvalue weighted by molar-refractivity contribution is 6.09. The van der Waals surface area contributed by atoms with E-state index in [0.29, 0.717) is 0 Å². The van der Waals surface area contributed by atoms with Crippen molar-refractivity contribution in [2.45, 2.75) is 6.92 Å². The van der Waals surface area contributed by atoms with E-state index in [2.05, 4.69) is 4.98 Å². The number of ether oxygens (including phenoxy) is 1. The molecule has 0 amide bonds. The molecular formula is C15H13NO2. The number of hydrogen-bond acceptors (Lipinski definition) is 2. The summed E-state index contributed by atoms with van der Waals surface area (Å²) >= 11 is 0. The SMILES string of the molecule is COc1cc2c(C)cc(=O)[nH]c2c2ccccc12. The molecule has 0 aliphatic rings. The smallest absolute Gasteiger partial charge is 0.248 e. The standard InChI is InChI=1S/C15H13NO2/c1-9-7-14(17)16-15-11-6-4-3-5-10(11)13(18-2)8-12(9)15/h3-8H,1-2H3,(H,16,17). The third-order valence-corrected chi connectivity index (χ3v) is 3.25. The molecular weight excluding hydrogens is 226 g/mol. The van der Waals surface area contributed by atoms with Crippen molar-refractivity contribution in [3.8, 4) is 5.75 Å². The average molecular weight is 239 g/mol. The van der Waals surface area contributed by atoms with Crippen molar-refractivity contribution < 1.29 is 4.74 Å². The van der Waals surface area contributed by atoms with Crippen LogP contribution in [0.1, 0.15) is 5.56 Å². The molecule has 3 nitrogen and oxygen atoms in total.